The van der Waals surface area contributed by atoms with Gasteiger partial charge in [0.1, 0.15) is 18.0 Å². The van der Waals surface area contributed by atoms with Gasteiger partial charge in [0.05, 0.1) is 22.7 Å². The lowest BCUT2D eigenvalue weighted by Gasteiger charge is -2.24. The number of fused-ring (bicyclic) bond motifs is 1. The summed E-state index contributed by atoms with van der Waals surface area (Å²) < 4.78 is 31.2. The number of hydrogen-bond donors (Lipinski definition) is 1. The van der Waals surface area contributed by atoms with Crippen LogP contribution in [0.25, 0.3) is 5.65 Å². The molecule has 0 spiro atoms. The zero-order chi connectivity index (χ0) is 19.8. The Kier molecular flexibility index (Phi) is 4.58. The number of benzene rings is 1. The van der Waals surface area contributed by atoms with Gasteiger partial charge in [-0.2, -0.15) is 0 Å². The number of carbonyl (C=O) groups excluding carboxylic acids is 1. The summed E-state index contributed by atoms with van der Waals surface area (Å²) in [5, 5.41) is 2.86. The number of nitrogens with one attached hydrogen (secondary N) is 1. The van der Waals surface area contributed by atoms with Gasteiger partial charge >= 0.3 is 0 Å². The van der Waals surface area contributed by atoms with E-state index in [1.165, 1.54) is 0 Å². The number of ether oxygens (including phenoxy) is 1. The summed E-state index contributed by atoms with van der Waals surface area (Å²) in [5.74, 6) is 0.313. The Morgan fingerprint density at radius 2 is 2.14 bits per heavy atom. The van der Waals surface area contributed by atoms with Crippen molar-refractivity contribution in [3.8, 4) is 5.75 Å². The molecule has 28 heavy (non-hydrogen) atoms. The predicted octanol–water partition coefficient (Wildman–Crippen LogP) is 2.22. The van der Waals surface area contributed by atoms with Crippen LogP contribution in [-0.4, -0.2) is 40.8 Å². The summed E-state index contributed by atoms with van der Waals surface area (Å²) in [4.78, 5) is 17.1. The van der Waals surface area contributed by atoms with Crippen LogP contribution >= 0.6 is 0 Å². The molecule has 146 valence electrons. The first-order chi connectivity index (χ1) is 13.3. The summed E-state index contributed by atoms with van der Waals surface area (Å²) in [6.45, 7) is 2.04. The van der Waals surface area contributed by atoms with Gasteiger partial charge in [-0.3, -0.25) is 4.79 Å². The van der Waals surface area contributed by atoms with E-state index in [1.807, 2.05) is 35.0 Å². The molecule has 1 fully saturated rings. The summed E-state index contributed by atoms with van der Waals surface area (Å²) in [7, 11) is -3.09. The molecule has 0 aliphatic carbocycles. The van der Waals surface area contributed by atoms with E-state index in [9.17, 15) is 13.2 Å². The number of hydrogen-bond acceptors (Lipinski definition) is 5. The summed E-state index contributed by atoms with van der Waals surface area (Å²) in [6, 6.07) is 12.6. The van der Waals surface area contributed by atoms with Gasteiger partial charge in [0.15, 0.2) is 9.84 Å². The lowest BCUT2D eigenvalue weighted by Crippen LogP contribution is -2.46. The van der Waals surface area contributed by atoms with Crippen molar-refractivity contribution >= 4 is 21.4 Å². The van der Waals surface area contributed by atoms with Crippen LogP contribution in [0.5, 0.6) is 5.75 Å². The van der Waals surface area contributed by atoms with Crippen LogP contribution in [0.4, 0.5) is 0 Å². The Balaban J connectivity index is 1.43. The van der Waals surface area contributed by atoms with E-state index in [4.69, 9.17) is 4.74 Å². The topological polar surface area (TPSA) is 89.8 Å². The molecule has 8 heteroatoms. The van der Waals surface area contributed by atoms with Gasteiger partial charge in [-0.15, -0.1) is 0 Å². The van der Waals surface area contributed by atoms with Crippen LogP contribution in [0.1, 0.15) is 29.4 Å². The maximum absolute atomic E-state index is 12.6. The summed E-state index contributed by atoms with van der Waals surface area (Å²) >= 11 is 0. The fourth-order valence-electron chi connectivity index (χ4n) is 3.40. The molecular formula is C20H21N3O4S. The highest BCUT2D eigenvalue weighted by Crippen LogP contribution is 2.24. The smallest absolute Gasteiger partial charge is 0.251 e. The van der Waals surface area contributed by atoms with Crippen molar-refractivity contribution in [1.82, 2.24) is 14.7 Å². The van der Waals surface area contributed by atoms with Crippen LogP contribution in [0.3, 0.4) is 0 Å². The van der Waals surface area contributed by atoms with E-state index in [0.29, 0.717) is 17.7 Å². The Labute approximate surface area is 163 Å². The van der Waals surface area contributed by atoms with Gasteiger partial charge in [0.25, 0.3) is 5.91 Å². The van der Waals surface area contributed by atoms with E-state index < -0.39 is 15.4 Å². The first-order valence-electron chi connectivity index (χ1n) is 9.00. The van der Waals surface area contributed by atoms with Crippen LogP contribution in [0, 0.1) is 0 Å². The van der Waals surface area contributed by atoms with Gasteiger partial charge in [0.2, 0.25) is 0 Å². The lowest BCUT2D eigenvalue weighted by atomic mass is 10.0. The molecule has 1 aliphatic heterocycles. The number of rotatable bonds is 5. The second kappa shape index (κ2) is 6.94. The maximum Gasteiger partial charge on any atom is 0.251 e. The molecule has 0 bridgehead atoms. The van der Waals surface area contributed by atoms with Crippen molar-refractivity contribution in [3.63, 3.8) is 0 Å². The molecule has 0 radical (unpaired) electrons. The molecule has 0 saturated carbocycles. The molecule has 1 atom stereocenters. The average molecular weight is 399 g/mol. The number of carbonyl (C=O) groups is 1. The molecule has 3 aromatic rings. The van der Waals surface area contributed by atoms with E-state index in [2.05, 4.69) is 10.3 Å². The third kappa shape index (κ3) is 4.01. The number of amides is 1. The zero-order valence-corrected chi connectivity index (χ0v) is 16.3. The van der Waals surface area contributed by atoms with Gasteiger partial charge in [-0.05, 0) is 43.7 Å². The minimum atomic E-state index is -3.09. The first kappa shape index (κ1) is 18.5. The second-order valence-corrected chi connectivity index (χ2v) is 9.56. The second-order valence-electron chi connectivity index (χ2n) is 7.37. The molecule has 2 aromatic heterocycles. The summed E-state index contributed by atoms with van der Waals surface area (Å²) in [5.41, 5.74) is 1.32. The molecule has 1 saturated heterocycles. The van der Waals surface area contributed by atoms with E-state index >= 15 is 0 Å². The standard InChI is InChI=1S/C20H21N3O4S/c1-20(8-10-28(25,26)14-20)22-19(24)15-5-4-6-17(11-15)27-13-16-12-23-9-3-2-7-18(23)21-16/h2-7,9,11-12H,8,10,13-14H2,1H3,(H,22,24). The molecule has 1 amide bonds. The molecule has 3 heterocycles. The minimum absolute atomic E-state index is 0.0319. The van der Waals surface area contributed by atoms with Gasteiger partial charge in [0, 0.05) is 18.0 Å². The number of aromatic nitrogens is 2. The highest BCUT2D eigenvalue weighted by atomic mass is 32.2. The predicted molar refractivity (Wildman–Crippen MR) is 105 cm³/mol. The molecule has 7 nitrogen and oxygen atoms in total. The molecule has 1 unspecified atom stereocenters. The molecule has 4 rings (SSSR count). The van der Waals surface area contributed by atoms with Crippen molar-refractivity contribution in [1.29, 1.82) is 0 Å². The third-order valence-electron chi connectivity index (χ3n) is 4.82. The van der Waals surface area contributed by atoms with Crippen LogP contribution in [-0.2, 0) is 16.4 Å². The van der Waals surface area contributed by atoms with Gasteiger partial charge < -0.3 is 14.5 Å². The lowest BCUT2D eigenvalue weighted by molar-refractivity contribution is 0.0915. The highest BCUT2D eigenvalue weighted by molar-refractivity contribution is 7.91. The maximum atomic E-state index is 12.6. The largest absolute Gasteiger partial charge is 0.487 e. The monoisotopic (exact) mass is 399 g/mol. The van der Waals surface area contributed by atoms with Gasteiger partial charge in [-0.25, -0.2) is 13.4 Å². The zero-order valence-electron chi connectivity index (χ0n) is 15.5. The Morgan fingerprint density at radius 3 is 2.89 bits per heavy atom. The van der Waals surface area contributed by atoms with Crippen molar-refractivity contribution in [3.05, 3.63) is 66.1 Å². The van der Waals surface area contributed by atoms with E-state index in [-0.39, 0.29) is 24.0 Å². The molecule has 1 aliphatic rings. The SMILES string of the molecule is CC1(NC(=O)c2cccc(OCc3cn4ccccc4n3)c2)CCS(=O)(=O)C1. The van der Waals surface area contributed by atoms with Crippen molar-refractivity contribution < 1.29 is 17.9 Å². The minimum Gasteiger partial charge on any atom is -0.487 e. The number of imidazole rings is 1. The fourth-order valence-corrected chi connectivity index (χ4v) is 5.49. The van der Waals surface area contributed by atoms with E-state index in [0.717, 1.165) is 11.3 Å². The molecular weight excluding hydrogens is 378 g/mol. The highest BCUT2D eigenvalue weighted by Gasteiger charge is 2.39. The Hall–Kier alpha value is -2.87. The molecule has 1 aromatic carbocycles. The quantitative estimate of drug-likeness (QED) is 0.711. The van der Waals surface area contributed by atoms with Crippen molar-refractivity contribution in [2.45, 2.75) is 25.5 Å². The Morgan fingerprint density at radius 1 is 1.29 bits per heavy atom. The van der Waals surface area contributed by atoms with Crippen molar-refractivity contribution in [2.75, 3.05) is 11.5 Å². The van der Waals surface area contributed by atoms with Gasteiger partial charge in [-0.1, -0.05) is 12.1 Å². The van der Waals surface area contributed by atoms with Crippen molar-refractivity contribution in [2.24, 2.45) is 0 Å². The molecule has 1 N–H and O–H groups in total. The number of sulfone groups is 1. The Bertz CT molecular complexity index is 1110. The van der Waals surface area contributed by atoms with E-state index in [1.54, 1.807) is 31.2 Å². The first-order valence-corrected chi connectivity index (χ1v) is 10.8. The summed E-state index contributed by atoms with van der Waals surface area (Å²) in [6.07, 6.45) is 4.24. The number of pyridine rings is 1. The van der Waals surface area contributed by atoms with Crippen LogP contribution in [0.2, 0.25) is 0 Å². The third-order valence-corrected chi connectivity index (χ3v) is 6.72. The van der Waals surface area contributed by atoms with Crippen LogP contribution in [0.15, 0.2) is 54.9 Å². The normalized spacial score (nSPS) is 20.9. The average Bonchev–Trinajstić information content (AvgIpc) is 3.19. The fraction of sp³-hybridized carbons (Fsp3) is 0.300. The number of nitrogens with zero attached hydrogens (tertiary/aromatic N) is 2. The van der Waals surface area contributed by atoms with Crippen LogP contribution < -0.4 is 10.1 Å².